The summed E-state index contributed by atoms with van der Waals surface area (Å²) < 4.78 is 1.82. The van der Waals surface area contributed by atoms with Gasteiger partial charge in [-0.2, -0.15) is 5.10 Å². The Hall–Kier alpha value is -2.04. The lowest BCUT2D eigenvalue weighted by atomic mass is 10.3. The molecule has 0 fully saturated rings. The minimum atomic E-state index is 0.868. The number of hydrogen-bond acceptors (Lipinski definition) is 4. The zero-order valence-electron chi connectivity index (χ0n) is 10.8. The van der Waals surface area contributed by atoms with Gasteiger partial charge >= 0.3 is 0 Å². The van der Waals surface area contributed by atoms with E-state index in [4.69, 9.17) is 0 Å². The Morgan fingerprint density at radius 3 is 2.89 bits per heavy atom. The summed E-state index contributed by atoms with van der Waals surface area (Å²) in [5.41, 5.74) is 2.18. The monoisotopic (exact) mass is 245 g/mol. The van der Waals surface area contributed by atoms with E-state index in [1.165, 1.54) is 0 Å². The third-order valence-electron chi connectivity index (χ3n) is 2.60. The molecule has 0 saturated heterocycles. The van der Waals surface area contributed by atoms with Crippen LogP contribution < -0.4 is 10.6 Å². The predicted octanol–water partition coefficient (Wildman–Crippen LogP) is 1.90. The summed E-state index contributed by atoms with van der Waals surface area (Å²) in [5, 5.41) is 10.9. The van der Waals surface area contributed by atoms with Gasteiger partial charge in [0.15, 0.2) is 0 Å². The van der Waals surface area contributed by atoms with Crippen LogP contribution in [-0.4, -0.2) is 27.9 Å². The molecule has 0 amide bonds. The van der Waals surface area contributed by atoms with Crippen LogP contribution in [0.15, 0.2) is 30.6 Å². The molecule has 2 heterocycles. The summed E-state index contributed by atoms with van der Waals surface area (Å²) in [4.78, 5) is 4.23. The SMILES string of the molecule is CCNc1cc(NCCc2ccn(C)n2)ccn1. The van der Waals surface area contributed by atoms with E-state index in [1.54, 1.807) is 6.20 Å². The van der Waals surface area contributed by atoms with Gasteiger partial charge in [0, 0.05) is 50.7 Å². The lowest BCUT2D eigenvalue weighted by molar-refractivity contribution is 0.742. The Morgan fingerprint density at radius 2 is 2.17 bits per heavy atom. The molecule has 2 rings (SSSR count). The van der Waals surface area contributed by atoms with Gasteiger partial charge in [-0.1, -0.05) is 0 Å². The third kappa shape index (κ3) is 3.48. The van der Waals surface area contributed by atoms with E-state index in [0.717, 1.165) is 36.7 Å². The molecule has 0 saturated carbocycles. The molecular weight excluding hydrogens is 226 g/mol. The Bertz CT molecular complexity index is 492. The number of nitrogens with one attached hydrogen (secondary N) is 2. The smallest absolute Gasteiger partial charge is 0.127 e. The standard InChI is InChI=1S/C13H19N5/c1-3-14-13-10-12(5-8-16-13)15-7-4-11-6-9-18(2)17-11/h5-6,8-10H,3-4,7H2,1-2H3,(H2,14,15,16). The fourth-order valence-electron chi connectivity index (χ4n) is 1.75. The highest BCUT2D eigenvalue weighted by atomic mass is 15.2. The Labute approximate surface area is 107 Å². The van der Waals surface area contributed by atoms with E-state index in [1.807, 2.05) is 36.1 Å². The molecule has 0 radical (unpaired) electrons. The van der Waals surface area contributed by atoms with E-state index in [-0.39, 0.29) is 0 Å². The van der Waals surface area contributed by atoms with Gasteiger partial charge in [0.05, 0.1) is 5.69 Å². The number of aryl methyl sites for hydroxylation is 1. The molecule has 96 valence electrons. The lowest BCUT2D eigenvalue weighted by Gasteiger charge is -2.07. The van der Waals surface area contributed by atoms with Gasteiger partial charge in [-0.25, -0.2) is 4.98 Å². The summed E-state index contributed by atoms with van der Waals surface area (Å²) in [6.45, 7) is 3.81. The highest BCUT2D eigenvalue weighted by molar-refractivity contribution is 5.51. The van der Waals surface area contributed by atoms with E-state index >= 15 is 0 Å². The van der Waals surface area contributed by atoms with Crippen molar-refractivity contribution in [3.8, 4) is 0 Å². The van der Waals surface area contributed by atoms with Crippen molar-refractivity contribution in [1.82, 2.24) is 14.8 Å². The Morgan fingerprint density at radius 1 is 1.28 bits per heavy atom. The van der Waals surface area contributed by atoms with Crippen LogP contribution in [0.4, 0.5) is 11.5 Å². The zero-order chi connectivity index (χ0) is 12.8. The maximum atomic E-state index is 4.34. The van der Waals surface area contributed by atoms with E-state index in [0.29, 0.717) is 0 Å². The Kier molecular flexibility index (Phi) is 4.17. The second kappa shape index (κ2) is 6.05. The van der Waals surface area contributed by atoms with E-state index in [2.05, 4.69) is 27.6 Å². The van der Waals surface area contributed by atoms with Crippen molar-refractivity contribution in [2.24, 2.45) is 7.05 Å². The van der Waals surface area contributed by atoms with Crippen LogP contribution in [0.25, 0.3) is 0 Å². The maximum Gasteiger partial charge on any atom is 0.127 e. The van der Waals surface area contributed by atoms with Crippen molar-refractivity contribution in [2.45, 2.75) is 13.3 Å². The van der Waals surface area contributed by atoms with Gasteiger partial charge in [0.2, 0.25) is 0 Å². The number of rotatable bonds is 6. The molecule has 18 heavy (non-hydrogen) atoms. The maximum absolute atomic E-state index is 4.34. The van der Waals surface area contributed by atoms with Crippen LogP contribution >= 0.6 is 0 Å². The highest BCUT2D eigenvalue weighted by Gasteiger charge is 1.98. The van der Waals surface area contributed by atoms with Gasteiger partial charge in [0.1, 0.15) is 5.82 Å². The number of aromatic nitrogens is 3. The first-order valence-electron chi connectivity index (χ1n) is 6.20. The fraction of sp³-hybridized carbons (Fsp3) is 0.385. The molecular formula is C13H19N5. The summed E-state index contributed by atoms with van der Waals surface area (Å²) >= 11 is 0. The molecule has 2 N–H and O–H groups in total. The fourth-order valence-corrected chi connectivity index (χ4v) is 1.75. The topological polar surface area (TPSA) is 54.8 Å². The molecule has 0 aliphatic heterocycles. The predicted molar refractivity (Wildman–Crippen MR) is 73.8 cm³/mol. The first kappa shape index (κ1) is 12.4. The molecule has 0 atom stereocenters. The van der Waals surface area contributed by atoms with Crippen LogP contribution in [-0.2, 0) is 13.5 Å². The molecule has 2 aromatic heterocycles. The highest BCUT2D eigenvalue weighted by Crippen LogP contribution is 2.11. The minimum absolute atomic E-state index is 0.868. The van der Waals surface area contributed by atoms with Gasteiger partial charge in [-0.15, -0.1) is 0 Å². The molecule has 5 nitrogen and oxygen atoms in total. The second-order valence-corrected chi connectivity index (χ2v) is 4.12. The van der Waals surface area contributed by atoms with Gasteiger partial charge in [-0.05, 0) is 19.1 Å². The first-order valence-corrected chi connectivity index (χ1v) is 6.20. The summed E-state index contributed by atoms with van der Waals surface area (Å²) in [7, 11) is 1.93. The number of nitrogens with zero attached hydrogens (tertiary/aromatic N) is 3. The molecule has 2 aromatic rings. The minimum Gasteiger partial charge on any atom is -0.384 e. The van der Waals surface area contributed by atoms with Crippen molar-refractivity contribution in [3.05, 3.63) is 36.3 Å². The molecule has 0 unspecified atom stereocenters. The summed E-state index contributed by atoms with van der Waals surface area (Å²) in [6.07, 6.45) is 4.69. The van der Waals surface area contributed by atoms with E-state index < -0.39 is 0 Å². The average Bonchev–Trinajstić information content (AvgIpc) is 2.76. The Balaban J connectivity index is 1.84. The van der Waals surface area contributed by atoms with Crippen LogP contribution in [0.2, 0.25) is 0 Å². The van der Waals surface area contributed by atoms with Crippen LogP contribution in [0.1, 0.15) is 12.6 Å². The average molecular weight is 245 g/mol. The van der Waals surface area contributed by atoms with Crippen molar-refractivity contribution < 1.29 is 0 Å². The largest absolute Gasteiger partial charge is 0.384 e. The van der Waals surface area contributed by atoms with Gasteiger partial charge < -0.3 is 10.6 Å². The third-order valence-corrected chi connectivity index (χ3v) is 2.60. The second-order valence-electron chi connectivity index (χ2n) is 4.12. The van der Waals surface area contributed by atoms with Gasteiger partial charge in [0.25, 0.3) is 0 Å². The quantitative estimate of drug-likeness (QED) is 0.816. The molecule has 0 bridgehead atoms. The number of anilines is 2. The van der Waals surface area contributed by atoms with E-state index in [9.17, 15) is 0 Å². The van der Waals surface area contributed by atoms with Crippen LogP contribution in [0, 0.1) is 0 Å². The van der Waals surface area contributed by atoms with Crippen LogP contribution in [0.3, 0.4) is 0 Å². The molecule has 0 aromatic carbocycles. The number of hydrogen-bond donors (Lipinski definition) is 2. The zero-order valence-corrected chi connectivity index (χ0v) is 10.8. The molecule has 5 heteroatoms. The normalized spacial score (nSPS) is 10.3. The molecule has 0 aliphatic rings. The summed E-state index contributed by atoms with van der Waals surface area (Å²) in [5.74, 6) is 0.903. The van der Waals surface area contributed by atoms with Crippen molar-refractivity contribution >= 4 is 11.5 Å². The van der Waals surface area contributed by atoms with Gasteiger partial charge in [-0.3, -0.25) is 4.68 Å². The molecule has 0 aliphatic carbocycles. The number of pyridine rings is 1. The van der Waals surface area contributed by atoms with Crippen LogP contribution in [0.5, 0.6) is 0 Å². The van der Waals surface area contributed by atoms with Crippen molar-refractivity contribution in [1.29, 1.82) is 0 Å². The van der Waals surface area contributed by atoms with Crippen molar-refractivity contribution in [3.63, 3.8) is 0 Å². The lowest BCUT2D eigenvalue weighted by Crippen LogP contribution is -2.07. The first-order chi connectivity index (χ1) is 8.78. The summed E-state index contributed by atoms with van der Waals surface area (Å²) in [6, 6.07) is 6.03. The molecule has 0 spiro atoms. The van der Waals surface area contributed by atoms with Crippen molar-refractivity contribution in [2.75, 3.05) is 23.7 Å².